The number of nitrogens with one attached hydrogen (secondary N) is 1. The maximum Gasteiger partial charge on any atom is 0.238 e. The molecule has 4 heteroatoms. The number of nitrogens with zero attached hydrogens (tertiary/aromatic N) is 2. The Kier molecular flexibility index (Phi) is 5.12. The Morgan fingerprint density at radius 1 is 1.30 bits per heavy atom. The molecular weight excluding hydrogens is 250 g/mol. The van der Waals surface area contributed by atoms with Crippen LogP contribution in [0.2, 0.25) is 0 Å². The molecule has 1 aliphatic rings. The van der Waals surface area contributed by atoms with Crippen LogP contribution in [0, 0.1) is 5.92 Å². The molecule has 1 aliphatic heterocycles. The maximum absolute atomic E-state index is 12.6. The number of pyridine rings is 1. The minimum atomic E-state index is -0.0170. The second-order valence-electron chi connectivity index (χ2n) is 5.95. The van der Waals surface area contributed by atoms with Gasteiger partial charge in [0.05, 0.1) is 12.1 Å². The van der Waals surface area contributed by atoms with Crippen LogP contribution in [0.25, 0.3) is 0 Å². The van der Waals surface area contributed by atoms with E-state index in [2.05, 4.69) is 29.0 Å². The molecule has 0 saturated carbocycles. The van der Waals surface area contributed by atoms with E-state index >= 15 is 0 Å². The van der Waals surface area contributed by atoms with Crippen LogP contribution in [0.3, 0.4) is 0 Å². The van der Waals surface area contributed by atoms with Crippen LogP contribution in [0.5, 0.6) is 0 Å². The molecule has 0 aliphatic carbocycles. The Hall–Kier alpha value is -1.42. The number of aromatic nitrogens is 1. The summed E-state index contributed by atoms with van der Waals surface area (Å²) in [4.78, 5) is 19.0. The van der Waals surface area contributed by atoms with E-state index in [4.69, 9.17) is 0 Å². The largest absolute Gasteiger partial charge is 0.348 e. The normalized spacial score (nSPS) is 19.0. The van der Waals surface area contributed by atoms with E-state index in [1.807, 2.05) is 25.3 Å². The lowest BCUT2D eigenvalue weighted by Crippen LogP contribution is -2.49. The molecule has 0 unspecified atom stereocenters. The molecular formula is C16H25N3O. The van der Waals surface area contributed by atoms with Crippen molar-refractivity contribution in [3.05, 3.63) is 30.1 Å². The van der Waals surface area contributed by atoms with Gasteiger partial charge >= 0.3 is 0 Å². The summed E-state index contributed by atoms with van der Waals surface area (Å²) in [6, 6.07) is 3.88. The van der Waals surface area contributed by atoms with Crippen LogP contribution >= 0.6 is 0 Å². The molecule has 0 bridgehead atoms. The highest BCUT2D eigenvalue weighted by molar-refractivity contribution is 5.82. The van der Waals surface area contributed by atoms with Crippen LogP contribution in [0.4, 0.5) is 0 Å². The molecule has 110 valence electrons. The summed E-state index contributed by atoms with van der Waals surface area (Å²) in [6.45, 7) is 8.33. The van der Waals surface area contributed by atoms with Gasteiger partial charge in [0.2, 0.25) is 5.91 Å². The van der Waals surface area contributed by atoms with Crippen LogP contribution in [-0.4, -0.2) is 34.9 Å². The minimum Gasteiger partial charge on any atom is -0.348 e. The summed E-state index contributed by atoms with van der Waals surface area (Å²) in [5, 5.41) is 3.13. The van der Waals surface area contributed by atoms with E-state index in [1.165, 1.54) is 12.8 Å². The third-order valence-corrected chi connectivity index (χ3v) is 3.98. The molecule has 1 amide bonds. The molecule has 1 aromatic rings. The van der Waals surface area contributed by atoms with Gasteiger partial charge in [0.25, 0.3) is 0 Å². The van der Waals surface area contributed by atoms with Gasteiger partial charge in [-0.05, 0) is 50.4 Å². The van der Waals surface area contributed by atoms with E-state index in [0.29, 0.717) is 5.92 Å². The molecule has 20 heavy (non-hydrogen) atoms. The summed E-state index contributed by atoms with van der Waals surface area (Å²) < 4.78 is 0. The van der Waals surface area contributed by atoms with E-state index in [0.717, 1.165) is 18.7 Å². The van der Waals surface area contributed by atoms with Crippen molar-refractivity contribution in [3.63, 3.8) is 0 Å². The zero-order valence-corrected chi connectivity index (χ0v) is 12.7. The Morgan fingerprint density at radius 2 is 2.00 bits per heavy atom. The lowest BCUT2D eigenvalue weighted by atomic mass is 10.0. The average Bonchev–Trinajstić information content (AvgIpc) is 2.93. The molecule has 0 radical (unpaired) electrons. The molecule has 0 spiro atoms. The fraction of sp³-hybridized carbons (Fsp3) is 0.625. The Balaban J connectivity index is 2.01. The fourth-order valence-corrected chi connectivity index (χ4v) is 2.92. The molecule has 1 aromatic heterocycles. The van der Waals surface area contributed by atoms with Crippen molar-refractivity contribution in [2.24, 2.45) is 5.92 Å². The summed E-state index contributed by atoms with van der Waals surface area (Å²) in [7, 11) is 0. The predicted molar refractivity (Wildman–Crippen MR) is 80.2 cm³/mol. The monoisotopic (exact) mass is 275 g/mol. The molecule has 2 rings (SSSR count). The second kappa shape index (κ2) is 6.84. The molecule has 1 saturated heterocycles. The smallest absolute Gasteiger partial charge is 0.238 e. The second-order valence-corrected chi connectivity index (χ2v) is 5.95. The van der Waals surface area contributed by atoms with Crippen molar-refractivity contribution in [2.45, 2.75) is 45.7 Å². The van der Waals surface area contributed by atoms with Crippen molar-refractivity contribution in [1.82, 2.24) is 15.2 Å². The van der Waals surface area contributed by atoms with Gasteiger partial charge in [-0.15, -0.1) is 0 Å². The van der Waals surface area contributed by atoms with Gasteiger partial charge in [-0.2, -0.15) is 0 Å². The molecule has 1 N–H and O–H groups in total. The number of hydrogen-bond donors (Lipinski definition) is 1. The summed E-state index contributed by atoms with van der Waals surface area (Å²) in [6.07, 6.45) is 5.97. The summed E-state index contributed by atoms with van der Waals surface area (Å²) in [5.74, 6) is 0.465. The summed E-state index contributed by atoms with van der Waals surface area (Å²) in [5.41, 5.74) is 1.05. The van der Waals surface area contributed by atoms with Gasteiger partial charge in [0.1, 0.15) is 0 Å². The van der Waals surface area contributed by atoms with Crippen LogP contribution in [-0.2, 0) is 4.79 Å². The zero-order valence-electron chi connectivity index (χ0n) is 12.7. The highest BCUT2D eigenvalue weighted by Crippen LogP contribution is 2.19. The van der Waals surface area contributed by atoms with Gasteiger partial charge in [0.15, 0.2) is 0 Å². The molecule has 2 atom stereocenters. The zero-order chi connectivity index (χ0) is 14.5. The number of likely N-dealkylation sites (tertiary alicyclic amines) is 1. The lowest BCUT2D eigenvalue weighted by molar-refractivity contribution is -0.128. The SMILES string of the molecule is CC(C)[C@@H](C(=O)N[C@@H](C)c1cccnc1)N1CCCC1. The van der Waals surface area contributed by atoms with Crippen molar-refractivity contribution >= 4 is 5.91 Å². The number of amides is 1. The third kappa shape index (κ3) is 3.57. The van der Waals surface area contributed by atoms with E-state index in [9.17, 15) is 4.79 Å². The van der Waals surface area contributed by atoms with Gasteiger partial charge in [-0.25, -0.2) is 0 Å². The number of carbonyl (C=O) groups excluding carboxylic acids is 1. The Labute approximate surface area is 121 Å². The first kappa shape index (κ1) is 15.0. The lowest BCUT2D eigenvalue weighted by Gasteiger charge is -2.30. The van der Waals surface area contributed by atoms with Gasteiger partial charge < -0.3 is 5.32 Å². The van der Waals surface area contributed by atoms with Gasteiger partial charge in [0, 0.05) is 12.4 Å². The van der Waals surface area contributed by atoms with Crippen molar-refractivity contribution in [3.8, 4) is 0 Å². The Bertz CT molecular complexity index is 427. The standard InChI is InChI=1S/C16H25N3O/c1-12(2)15(19-9-4-5-10-19)16(20)18-13(3)14-7-6-8-17-11-14/h6-8,11-13,15H,4-5,9-10H2,1-3H3,(H,18,20)/t13-,15-/m0/s1. The Morgan fingerprint density at radius 3 is 2.55 bits per heavy atom. The first-order valence-corrected chi connectivity index (χ1v) is 7.54. The van der Waals surface area contributed by atoms with Crippen LogP contribution in [0.15, 0.2) is 24.5 Å². The average molecular weight is 275 g/mol. The fourth-order valence-electron chi connectivity index (χ4n) is 2.92. The van der Waals surface area contributed by atoms with Crippen LogP contribution < -0.4 is 5.32 Å². The molecule has 1 fully saturated rings. The number of carbonyl (C=O) groups is 1. The van der Waals surface area contributed by atoms with Crippen molar-refractivity contribution in [2.75, 3.05) is 13.1 Å². The third-order valence-electron chi connectivity index (χ3n) is 3.98. The van der Waals surface area contributed by atoms with E-state index in [1.54, 1.807) is 6.20 Å². The van der Waals surface area contributed by atoms with Gasteiger partial charge in [-0.1, -0.05) is 19.9 Å². The predicted octanol–water partition coefficient (Wildman–Crippen LogP) is 2.38. The number of rotatable bonds is 5. The van der Waals surface area contributed by atoms with Crippen molar-refractivity contribution in [1.29, 1.82) is 0 Å². The topological polar surface area (TPSA) is 45.2 Å². The van der Waals surface area contributed by atoms with E-state index < -0.39 is 0 Å². The minimum absolute atomic E-state index is 0.0000491. The van der Waals surface area contributed by atoms with Gasteiger partial charge in [-0.3, -0.25) is 14.7 Å². The van der Waals surface area contributed by atoms with Crippen molar-refractivity contribution < 1.29 is 4.79 Å². The highest BCUT2D eigenvalue weighted by atomic mass is 16.2. The maximum atomic E-state index is 12.6. The first-order chi connectivity index (χ1) is 9.59. The molecule has 4 nitrogen and oxygen atoms in total. The first-order valence-electron chi connectivity index (χ1n) is 7.54. The number of hydrogen-bond acceptors (Lipinski definition) is 3. The summed E-state index contributed by atoms with van der Waals surface area (Å²) >= 11 is 0. The highest BCUT2D eigenvalue weighted by Gasteiger charge is 2.31. The molecule has 0 aromatic carbocycles. The molecule has 2 heterocycles. The van der Waals surface area contributed by atoms with Crippen LogP contribution in [0.1, 0.15) is 45.2 Å². The van der Waals surface area contributed by atoms with E-state index in [-0.39, 0.29) is 18.0 Å². The quantitative estimate of drug-likeness (QED) is 0.897.